The van der Waals surface area contributed by atoms with E-state index in [0.717, 1.165) is 6.29 Å². The van der Waals surface area contributed by atoms with E-state index in [1.807, 2.05) is 0 Å². The maximum atomic E-state index is 10.5. The normalized spacial score (nSPS) is 18.7. The van der Waals surface area contributed by atoms with Crippen LogP contribution in [0, 0.1) is 0 Å². The molecule has 4 heteroatoms. The van der Waals surface area contributed by atoms with Crippen LogP contribution in [0.4, 0.5) is 0 Å². The summed E-state index contributed by atoms with van der Waals surface area (Å²) in [6, 6.07) is 4.82. The Morgan fingerprint density at radius 2 is 2.21 bits per heavy atom. The summed E-state index contributed by atoms with van der Waals surface area (Å²) >= 11 is 5.92. The van der Waals surface area contributed by atoms with Crippen molar-refractivity contribution < 1.29 is 14.6 Å². The number of rotatable bonds is 2. The first-order chi connectivity index (χ1) is 6.65. The summed E-state index contributed by atoms with van der Waals surface area (Å²) in [4.78, 5) is 10.5. The fraction of sp³-hybridized carbons (Fsp3) is 0.300. The van der Waals surface area contributed by atoms with Gasteiger partial charge in [-0.2, -0.15) is 0 Å². The molecule has 1 heterocycles. The second-order valence-electron chi connectivity index (χ2n) is 3.38. The molecular formula is C10H9ClO3. The predicted octanol–water partition coefficient (Wildman–Crippen LogP) is 1.37. The predicted molar refractivity (Wildman–Crippen MR) is 51.6 cm³/mol. The third kappa shape index (κ3) is 1.43. The van der Waals surface area contributed by atoms with Crippen molar-refractivity contribution in [2.75, 3.05) is 13.2 Å². The van der Waals surface area contributed by atoms with Gasteiger partial charge in [-0.15, -0.1) is 0 Å². The van der Waals surface area contributed by atoms with Gasteiger partial charge in [0, 0.05) is 16.1 Å². The number of carbonyl (C=O) groups excluding carboxylic acids is 1. The topological polar surface area (TPSA) is 46.5 Å². The SMILES string of the molecule is O=Cc1ccc(Cl)c(C2(O)COC2)c1. The molecule has 0 saturated carbocycles. The molecule has 1 fully saturated rings. The summed E-state index contributed by atoms with van der Waals surface area (Å²) in [5.74, 6) is 0. The largest absolute Gasteiger partial charge is 0.380 e. The van der Waals surface area contributed by atoms with Crippen LogP contribution in [0.5, 0.6) is 0 Å². The molecule has 0 radical (unpaired) electrons. The smallest absolute Gasteiger partial charge is 0.150 e. The van der Waals surface area contributed by atoms with Crippen molar-refractivity contribution in [2.24, 2.45) is 0 Å². The highest BCUT2D eigenvalue weighted by molar-refractivity contribution is 6.31. The summed E-state index contributed by atoms with van der Waals surface area (Å²) in [6.07, 6.45) is 0.725. The first-order valence-electron chi connectivity index (χ1n) is 4.21. The number of hydrogen-bond donors (Lipinski definition) is 1. The lowest BCUT2D eigenvalue weighted by Gasteiger charge is -2.37. The van der Waals surface area contributed by atoms with Crippen LogP contribution >= 0.6 is 11.6 Å². The Bertz CT molecular complexity index is 372. The zero-order valence-electron chi connectivity index (χ0n) is 7.37. The number of hydrogen-bond acceptors (Lipinski definition) is 3. The van der Waals surface area contributed by atoms with Crippen molar-refractivity contribution in [2.45, 2.75) is 5.60 Å². The van der Waals surface area contributed by atoms with E-state index in [2.05, 4.69) is 0 Å². The molecule has 1 aliphatic rings. The Labute approximate surface area is 86.3 Å². The molecule has 2 rings (SSSR count). The standard InChI is InChI=1S/C10H9ClO3/c11-9-2-1-7(4-12)3-8(9)10(13)5-14-6-10/h1-4,13H,5-6H2. The zero-order valence-corrected chi connectivity index (χ0v) is 8.12. The molecule has 3 nitrogen and oxygen atoms in total. The summed E-state index contributed by atoms with van der Waals surface area (Å²) in [6.45, 7) is 0.462. The van der Waals surface area contributed by atoms with Crippen LogP contribution < -0.4 is 0 Å². The van der Waals surface area contributed by atoms with Crippen molar-refractivity contribution in [3.05, 3.63) is 34.3 Å². The molecule has 0 amide bonds. The number of aldehydes is 1. The molecular weight excluding hydrogens is 204 g/mol. The quantitative estimate of drug-likeness (QED) is 0.754. The van der Waals surface area contributed by atoms with E-state index in [-0.39, 0.29) is 13.2 Å². The molecule has 1 N–H and O–H groups in total. The third-order valence-electron chi connectivity index (χ3n) is 2.31. The number of benzene rings is 1. The van der Waals surface area contributed by atoms with Gasteiger partial charge in [0.1, 0.15) is 11.9 Å². The highest BCUT2D eigenvalue weighted by Gasteiger charge is 2.39. The highest BCUT2D eigenvalue weighted by Crippen LogP contribution is 2.34. The number of halogens is 1. The first kappa shape index (κ1) is 9.65. The molecule has 1 aromatic rings. The maximum absolute atomic E-state index is 10.5. The fourth-order valence-corrected chi connectivity index (χ4v) is 1.72. The van der Waals surface area contributed by atoms with Gasteiger partial charge >= 0.3 is 0 Å². The highest BCUT2D eigenvalue weighted by atomic mass is 35.5. The van der Waals surface area contributed by atoms with Gasteiger partial charge < -0.3 is 9.84 Å². The molecule has 14 heavy (non-hydrogen) atoms. The van der Waals surface area contributed by atoms with Crippen molar-refractivity contribution in [3.8, 4) is 0 Å². The van der Waals surface area contributed by atoms with Crippen molar-refractivity contribution >= 4 is 17.9 Å². The Morgan fingerprint density at radius 3 is 2.71 bits per heavy atom. The second-order valence-corrected chi connectivity index (χ2v) is 3.79. The monoisotopic (exact) mass is 212 g/mol. The zero-order chi connectivity index (χ0) is 10.2. The van der Waals surface area contributed by atoms with E-state index in [0.29, 0.717) is 16.1 Å². The van der Waals surface area contributed by atoms with Crippen molar-refractivity contribution in [1.82, 2.24) is 0 Å². The van der Waals surface area contributed by atoms with E-state index in [1.165, 1.54) is 0 Å². The van der Waals surface area contributed by atoms with Crippen LogP contribution in [0.3, 0.4) is 0 Å². The van der Waals surface area contributed by atoms with Crippen LogP contribution in [0.1, 0.15) is 15.9 Å². The lowest BCUT2D eigenvalue weighted by Crippen LogP contribution is -2.46. The Kier molecular flexibility index (Phi) is 2.31. The Hall–Kier alpha value is -0.900. The number of carbonyl (C=O) groups is 1. The minimum atomic E-state index is -1.02. The molecule has 1 aromatic carbocycles. The van der Waals surface area contributed by atoms with Gasteiger partial charge in [0.2, 0.25) is 0 Å². The molecule has 0 bridgehead atoms. The van der Waals surface area contributed by atoms with Crippen LogP contribution in [-0.2, 0) is 10.3 Å². The molecule has 1 saturated heterocycles. The van der Waals surface area contributed by atoms with E-state index in [1.54, 1.807) is 18.2 Å². The second kappa shape index (κ2) is 3.35. The van der Waals surface area contributed by atoms with E-state index >= 15 is 0 Å². The van der Waals surface area contributed by atoms with Crippen molar-refractivity contribution in [1.29, 1.82) is 0 Å². The summed E-state index contributed by atoms with van der Waals surface area (Å²) in [5, 5.41) is 10.4. The molecule has 0 aliphatic carbocycles. The average Bonchev–Trinajstić information content (AvgIpc) is 2.15. The van der Waals surface area contributed by atoms with Crippen LogP contribution in [-0.4, -0.2) is 24.6 Å². The van der Waals surface area contributed by atoms with Crippen molar-refractivity contribution in [3.63, 3.8) is 0 Å². The Morgan fingerprint density at radius 1 is 1.50 bits per heavy atom. The summed E-state index contributed by atoms with van der Waals surface area (Å²) < 4.78 is 4.92. The van der Waals surface area contributed by atoms with Gasteiger partial charge in [0.25, 0.3) is 0 Å². The van der Waals surface area contributed by atoms with E-state index in [4.69, 9.17) is 16.3 Å². The molecule has 0 aromatic heterocycles. The minimum absolute atomic E-state index is 0.231. The number of ether oxygens (including phenoxy) is 1. The summed E-state index contributed by atoms with van der Waals surface area (Å²) in [7, 11) is 0. The molecule has 0 unspecified atom stereocenters. The lowest BCUT2D eigenvalue weighted by molar-refractivity contribution is -0.184. The van der Waals surface area contributed by atoms with Gasteiger partial charge in [-0.1, -0.05) is 17.7 Å². The van der Waals surface area contributed by atoms with Gasteiger partial charge in [0.15, 0.2) is 0 Å². The van der Waals surface area contributed by atoms with E-state index < -0.39 is 5.60 Å². The van der Waals surface area contributed by atoms with Gasteiger partial charge in [-0.25, -0.2) is 0 Å². The van der Waals surface area contributed by atoms with Gasteiger partial charge in [0.05, 0.1) is 13.2 Å². The summed E-state index contributed by atoms with van der Waals surface area (Å²) in [5.41, 5.74) is 0.0515. The molecule has 74 valence electrons. The molecule has 0 spiro atoms. The minimum Gasteiger partial charge on any atom is -0.380 e. The third-order valence-corrected chi connectivity index (χ3v) is 2.64. The van der Waals surface area contributed by atoms with Gasteiger partial charge in [-0.05, 0) is 12.1 Å². The molecule has 0 atom stereocenters. The first-order valence-corrected chi connectivity index (χ1v) is 4.59. The van der Waals surface area contributed by atoms with Crippen LogP contribution in [0.2, 0.25) is 5.02 Å². The maximum Gasteiger partial charge on any atom is 0.150 e. The Balaban J connectivity index is 2.45. The number of aliphatic hydroxyl groups is 1. The fourth-order valence-electron chi connectivity index (χ4n) is 1.42. The van der Waals surface area contributed by atoms with Gasteiger partial charge in [-0.3, -0.25) is 4.79 Å². The lowest BCUT2D eigenvalue weighted by atomic mass is 9.91. The van der Waals surface area contributed by atoms with E-state index in [9.17, 15) is 9.90 Å². The average molecular weight is 213 g/mol. The van der Waals surface area contributed by atoms with Crippen LogP contribution in [0.25, 0.3) is 0 Å². The molecule has 1 aliphatic heterocycles. The van der Waals surface area contributed by atoms with Crippen LogP contribution in [0.15, 0.2) is 18.2 Å².